The van der Waals surface area contributed by atoms with Gasteiger partial charge in [0.25, 0.3) is 10.0 Å². The van der Waals surface area contributed by atoms with E-state index in [0.29, 0.717) is 22.5 Å². The number of sulfonamides is 1. The number of anilines is 2. The Labute approximate surface area is 162 Å². The molecule has 0 unspecified atom stereocenters. The minimum absolute atomic E-state index is 0.0186. The van der Waals surface area contributed by atoms with Crippen molar-refractivity contribution >= 4 is 44.3 Å². The molecular formula is C18H19ClN4O3S. The standard InChI is InChI=1S/C18H19ClN4O3S/c1-2-13(11-24)20-17-18(22-16-9-4-3-8-15(16)21-17)23-27(25,26)14-7-5-6-12(19)10-14/h3-10,13,24H,2,11H2,1H3,(H,20,21)(H,22,23)/t13-/m1/s1. The second-order valence-corrected chi connectivity index (χ2v) is 8.02. The minimum Gasteiger partial charge on any atom is -0.394 e. The topological polar surface area (TPSA) is 104 Å². The molecule has 0 saturated carbocycles. The lowest BCUT2D eigenvalue weighted by atomic mass is 10.2. The van der Waals surface area contributed by atoms with Crippen molar-refractivity contribution in [2.75, 3.05) is 16.6 Å². The highest BCUT2D eigenvalue weighted by molar-refractivity contribution is 7.92. The smallest absolute Gasteiger partial charge is 0.263 e. The number of hydrogen-bond acceptors (Lipinski definition) is 6. The lowest BCUT2D eigenvalue weighted by Gasteiger charge is -2.18. The lowest BCUT2D eigenvalue weighted by Crippen LogP contribution is -2.25. The van der Waals surface area contributed by atoms with Crippen molar-refractivity contribution in [3.63, 3.8) is 0 Å². The van der Waals surface area contributed by atoms with Crippen molar-refractivity contribution in [3.8, 4) is 0 Å². The third kappa shape index (κ3) is 4.47. The predicted octanol–water partition coefficient (Wildman–Crippen LogP) is 3.27. The fourth-order valence-electron chi connectivity index (χ4n) is 2.46. The Hall–Kier alpha value is -2.42. The number of nitrogens with one attached hydrogen (secondary N) is 2. The number of aliphatic hydroxyl groups is 1. The zero-order valence-corrected chi connectivity index (χ0v) is 16.1. The summed E-state index contributed by atoms with van der Waals surface area (Å²) in [6.07, 6.45) is 0.630. The summed E-state index contributed by atoms with van der Waals surface area (Å²) >= 11 is 5.91. The molecule has 1 aromatic heterocycles. The minimum atomic E-state index is -3.92. The van der Waals surface area contributed by atoms with Gasteiger partial charge in [0.2, 0.25) is 0 Å². The van der Waals surface area contributed by atoms with Gasteiger partial charge in [-0.3, -0.25) is 4.72 Å². The van der Waals surface area contributed by atoms with Crippen LogP contribution in [-0.4, -0.2) is 36.1 Å². The van der Waals surface area contributed by atoms with Gasteiger partial charge in [0, 0.05) is 5.02 Å². The SMILES string of the molecule is CC[C@H](CO)Nc1nc2ccccc2nc1NS(=O)(=O)c1cccc(Cl)c1. The van der Waals surface area contributed by atoms with Gasteiger partial charge >= 0.3 is 0 Å². The van der Waals surface area contributed by atoms with Crippen LogP contribution in [0.3, 0.4) is 0 Å². The second-order valence-electron chi connectivity index (χ2n) is 5.90. The van der Waals surface area contributed by atoms with Crippen molar-refractivity contribution < 1.29 is 13.5 Å². The van der Waals surface area contributed by atoms with Crippen LogP contribution in [0.5, 0.6) is 0 Å². The Balaban J connectivity index is 2.05. The van der Waals surface area contributed by atoms with Crippen molar-refractivity contribution in [2.24, 2.45) is 0 Å². The van der Waals surface area contributed by atoms with Crippen molar-refractivity contribution in [3.05, 3.63) is 53.6 Å². The predicted molar refractivity (Wildman–Crippen MR) is 107 cm³/mol. The molecule has 1 heterocycles. The molecule has 0 aliphatic rings. The van der Waals surface area contributed by atoms with Gasteiger partial charge in [-0.05, 0) is 36.8 Å². The van der Waals surface area contributed by atoms with Gasteiger partial charge in [-0.25, -0.2) is 18.4 Å². The van der Waals surface area contributed by atoms with Crippen LogP contribution in [0.2, 0.25) is 5.02 Å². The monoisotopic (exact) mass is 406 g/mol. The summed E-state index contributed by atoms with van der Waals surface area (Å²) in [5.41, 5.74) is 1.15. The van der Waals surface area contributed by atoms with Crippen LogP contribution >= 0.6 is 11.6 Å². The summed E-state index contributed by atoms with van der Waals surface area (Å²) in [4.78, 5) is 8.89. The molecule has 2 aromatic carbocycles. The van der Waals surface area contributed by atoms with E-state index in [9.17, 15) is 13.5 Å². The number of rotatable bonds is 7. The van der Waals surface area contributed by atoms with Crippen LogP contribution in [0.25, 0.3) is 11.0 Å². The van der Waals surface area contributed by atoms with E-state index in [1.807, 2.05) is 13.0 Å². The molecule has 0 amide bonds. The first-order chi connectivity index (χ1) is 12.9. The summed E-state index contributed by atoms with van der Waals surface area (Å²) in [5, 5.41) is 12.8. The third-order valence-corrected chi connectivity index (χ3v) is 5.53. The van der Waals surface area contributed by atoms with E-state index in [4.69, 9.17) is 11.6 Å². The van der Waals surface area contributed by atoms with E-state index in [-0.39, 0.29) is 29.2 Å². The second kappa shape index (κ2) is 8.08. The van der Waals surface area contributed by atoms with Gasteiger partial charge in [-0.2, -0.15) is 0 Å². The molecular weight excluding hydrogens is 388 g/mol. The maximum atomic E-state index is 12.8. The number of fused-ring (bicyclic) bond motifs is 1. The number of nitrogens with zero attached hydrogens (tertiary/aromatic N) is 2. The number of benzene rings is 2. The first kappa shape index (κ1) is 19.3. The normalized spacial score (nSPS) is 12.7. The molecule has 0 aliphatic carbocycles. The lowest BCUT2D eigenvalue weighted by molar-refractivity contribution is 0.271. The highest BCUT2D eigenvalue weighted by Gasteiger charge is 2.20. The largest absolute Gasteiger partial charge is 0.394 e. The van der Waals surface area contributed by atoms with Crippen LogP contribution in [-0.2, 0) is 10.0 Å². The summed E-state index contributed by atoms with van der Waals surface area (Å²) in [7, 11) is -3.92. The molecule has 0 fully saturated rings. The van der Waals surface area contributed by atoms with Crippen LogP contribution < -0.4 is 10.0 Å². The maximum absolute atomic E-state index is 12.8. The van der Waals surface area contributed by atoms with E-state index in [1.165, 1.54) is 12.1 Å². The number of para-hydroxylation sites is 2. The molecule has 0 radical (unpaired) electrons. The Kier molecular flexibility index (Phi) is 5.79. The number of halogens is 1. The van der Waals surface area contributed by atoms with E-state index in [2.05, 4.69) is 20.0 Å². The highest BCUT2D eigenvalue weighted by atomic mass is 35.5. The van der Waals surface area contributed by atoms with Crippen LogP contribution in [0, 0.1) is 0 Å². The molecule has 142 valence electrons. The molecule has 3 rings (SSSR count). The zero-order chi connectivity index (χ0) is 19.4. The fourth-order valence-corrected chi connectivity index (χ4v) is 3.77. The summed E-state index contributed by atoms with van der Waals surface area (Å²) in [5.74, 6) is 0.306. The molecule has 0 bridgehead atoms. The fraction of sp³-hybridized carbons (Fsp3) is 0.222. The Bertz CT molecular complexity index is 1060. The van der Waals surface area contributed by atoms with Gasteiger partial charge in [-0.15, -0.1) is 0 Å². The molecule has 1 atom stereocenters. The molecule has 0 spiro atoms. The van der Waals surface area contributed by atoms with E-state index in [1.54, 1.807) is 30.3 Å². The quantitative estimate of drug-likeness (QED) is 0.556. The Morgan fingerprint density at radius 2 is 1.74 bits per heavy atom. The highest BCUT2D eigenvalue weighted by Crippen LogP contribution is 2.26. The molecule has 0 aliphatic heterocycles. The summed E-state index contributed by atoms with van der Waals surface area (Å²) < 4.78 is 28.0. The molecule has 27 heavy (non-hydrogen) atoms. The van der Waals surface area contributed by atoms with Crippen LogP contribution in [0.15, 0.2) is 53.4 Å². The molecule has 9 heteroatoms. The first-order valence-corrected chi connectivity index (χ1v) is 10.2. The number of hydrogen-bond donors (Lipinski definition) is 3. The number of aromatic nitrogens is 2. The van der Waals surface area contributed by atoms with Crippen LogP contribution in [0.1, 0.15) is 13.3 Å². The van der Waals surface area contributed by atoms with Gasteiger partial charge in [0.15, 0.2) is 11.6 Å². The molecule has 7 nitrogen and oxygen atoms in total. The molecule has 3 N–H and O–H groups in total. The van der Waals surface area contributed by atoms with Crippen molar-refractivity contribution in [2.45, 2.75) is 24.3 Å². The summed E-state index contributed by atoms with van der Waals surface area (Å²) in [6, 6.07) is 12.8. The van der Waals surface area contributed by atoms with Gasteiger partial charge in [0.05, 0.1) is 28.6 Å². The average Bonchev–Trinajstić information content (AvgIpc) is 2.66. The van der Waals surface area contributed by atoms with Crippen molar-refractivity contribution in [1.82, 2.24) is 9.97 Å². The average molecular weight is 407 g/mol. The van der Waals surface area contributed by atoms with Crippen LogP contribution in [0.4, 0.5) is 11.6 Å². The third-order valence-electron chi connectivity index (χ3n) is 3.96. The molecule has 3 aromatic rings. The van der Waals surface area contributed by atoms with E-state index < -0.39 is 10.0 Å². The zero-order valence-electron chi connectivity index (χ0n) is 14.6. The van der Waals surface area contributed by atoms with E-state index >= 15 is 0 Å². The maximum Gasteiger partial charge on any atom is 0.263 e. The van der Waals surface area contributed by atoms with Crippen molar-refractivity contribution in [1.29, 1.82) is 0 Å². The first-order valence-electron chi connectivity index (χ1n) is 8.35. The van der Waals surface area contributed by atoms with Gasteiger partial charge in [-0.1, -0.05) is 36.7 Å². The Morgan fingerprint density at radius 1 is 1.07 bits per heavy atom. The summed E-state index contributed by atoms with van der Waals surface area (Å²) in [6.45, 7) is 1.78. The van der Waals surface area contributed by atoms with E-state index in [0.717, 1.165) is 0 Å². The van der Waals surface area contributed by atoms with Gasteiger partial charge in [0.1, 0.15) is 0 Å². The number of aliphatic hydroxyl groups excluding tert-OH is 1. The molecule has 0 saturated heterocycles. The van der Waals surface area contributed by atoms with Gasteiger partial charge < -0.3 is 10.4 Å². The Morgan fingerprint density at radius 3 is 2.33 bits per heavy atom.